The quantitative estimate of drug-likeness (QED) is 0.829. The van der Waals surface area contributed by atoms with E-state index in [1.165, 1.54) is 37.0 Å². The second kappa shape index (κ2) is 4.37. The van der Waals surface area contributed by atoms with E-state index in [0.717, 1.165) is 13.1 Å². The van der Waals surface area contributed by atoms with Crippen molar-refractivity contribution in [3.63, 3.8) is 0 Å². The average Bonchev–Trinajstić information content (AvgIpc) is 2.98. The summed E-state index contributed by atoms with van der Waals surface area (Å²) in [7, 11) is -3.20. The summed E-state index contributed by atoms with van der Waals surface area (Å²) >= 11 is 1.32. The molecule has 0 radical (unpaired) electrons. The Morgan fingerprint density at radius 3 is 2.35 bits per heavy atom. The molecule has 2 fully saturated rings. The van der Waals surface area contributed by atoms with Gasteiger partial charge in [0, 0.05) is 13.1 Å². The summed E-state index contributed by atoms with van der Waals surface area (Å²) in [5.74, 6) is 1.22. The highest BCUT2D eigenvalue weighted by Gasteiger charge is 2.40. The third kappa shape index (κ3) is 2.04. The Balaban J connectivity index is 1.82. The van der Waals surface area contributed by atoms with Gasteiger partial charge >= 0.3 is 0 Å². The maximum absolute atomic E-state index is 12.4. The Labute approximate surface area is 107 Å². The molecule has 1 saturated heterocycles. The Morgan fingerprint density at radius 2 is 1.82 bits per heavy atom. The second-order valence-corrected chi connectivity index (χ2v) is 8.17. The molecule has 1 saturated carbocycles. The molecular formula is C12H17NO2S2. The normalized spacial score (nSPS) is 30.4. The lowest BCUT2D eigenvalue weighted by Crippen LogP contribution is -2.28. The zero-order chi connectivity index (χ0) is 11.9. The van der Waals surface area contributed by atoms with Gasteiger partial charge in [0.05, 0.1) is 0 Å². The summed E-state index contributed by atoms with van der Waals surface area (Å²) in [5.41, 5.74) is 0. The van der Waals surface area contributed by atoms with Crippen molar-refractivity contribution in [3.05, 3.63) is 17.5 Å². The molecule has 94 valence electrons. The van der Waals surface area contributed by atoms with Crippen LogP contribution >= 0.6 is 11.3 Å². The van der Waals surface area contributed by atoms with Gasteiger partial charge in [-0.15, -0.1) is 11.3 Å². The summed E-state index contributed by atoms with van der Waals surface area (Å²) in [6.07, 6.45) is 4.96. The molecule has 2 aliphatic rings. The first-order valence-electron chi connectivity index (χ1n) is 6.21. The van der Waals surface area contributed by atoms with Crippen molar-refractivity contribution in [1.82, 2.24) is 4.31 Å². The summed E-state index contributed by atoms with van der Waals surface area (Å²) in [6, 6.07) is 3.52. The van der Waals surface area contributed by atoms with Gasteiger partial charge < -0.3 is 0 Å². The van der Waals surface area contributed by atoms with Crippen molar-refractivity contribution in [2.45, 2.75) is 29.9 Å². The van der Waals surface area contributed by atoms with Gasteiger partial charge in [-0.1, -0.05) is 18.9 Å². The molecule has 0 spiro atoms. The van der Waals surface area contributed by atoms with E-state index in [-0.39, 0.29) is 0 Å². The van der Waals surface area contributed by atoms with Crippen LogP contribution in [-0.2, 0) is 10.0 Å². The molecule has 1 aliphatic carbocycles. The SMILES string of the molecule is O=S(=O)(c1cccs1)N1CC2CCCCC2C1. The smallest absolute Gasteiger partial charge is 0.206 e. The maximum Gasteiger partial charge on any atom is 0.252 e. The van der Waals surface area contributed by atoms with Gasteiger partial charge in [0.1, 0.15) is 4.21 Å². The largest absolute Gasteiger partial charge is 0.252 e. The first-order chi connectivity index (χ1) is 8.18. The Bertz CT molecular complexity index is 467. The molecule has 2 heterocycles. The van der Waals surface area contributed by atoms with Crippen LogP contribution in [0.2, 0.25) is 0 Å². The Morgan fingerprint density at radius 1 is 1.18 bits per heavy atom. The zero-order valence-corrected chi connectivity index (χ0v) is 11.3. The third-order valence-electron chi connectivity index (χ3n) is 4.03. The molecule has 0 aromatic carbocycles. The molecule has 0 N–H and O–H groups in total. The maximum atomic E-state index is 12.4. The van der Waals surface area contributed by atoms with Gasteiger partial charge in [-0.05, 0) is 36.1 Å². The van der Waals surface area contributed by atoms with Crippen molar-refractivity contribution >= 4 is 21.4 Å². The first kappa shape index (κ1) is 11.7. The zero-order valence-electron chi connectivity index (χ0n) is 9.71. The Kier molecular flexibility index (Phi) is 3.00. The van der Waals surface area contributed by atoms with Crippen molar-refractivity contribution < 1.29 is 8.42 Å². The fraction of sp³-hybridized carbons (Fsp3) is 0.667. The van der Waals surface area contributed by atoms with E-state index in [0.29, 0.717) is 16.0 Å². The first-order valence-corrected chi connectivity index (χ1v) is 8.53. The summed E-state index contributed by atoms with van der Waals surface area (Å²) in [5, 5.41) is 1.83. The Hall–Kier alpha value is -0.390. The minimum absolute atomic E-state index is 0.496. The van der Waals surface area contributed by atoms with E-state index < -0.39 is 10.0 Å². The van der Waals surface area contributed by atoms with Crippen LogP contribution in [0.1, 0.15) is 25.7 Å². The summed E-state index contributed by atoms with van der Waals surface area (Å²) in [4.78, 5) is 0. The van der Waals surface area contributed by atoms with E-state index in [1.807, 2.05) is 5.38 Å². The number of thiophene rings is 1. The predicted octanol–water partition coefficient (Wildman–Crippen LogP) is 2.56. The van der Waals surface area contributed by atoms with E-state index >= 15 is 0 Å². The molecule has 1 aliphatic heterocycles. The number of nitrogens with zero attached hydrogens (tertiary/aromatic N) is 1. The van der Waals surface area contributed by atoms with Gasteiger partial charge in [-0.25, -0.2) is 8.42 Å². The highest BCUT2D eigenvalue weighted by molar-refractivity contribution is 7.91. The molecular weight excluding hydrogens is 254 g/mol. The van der Waals surface area contributed by atoms with Crippen LogP contribution < -0.4 is 0 Å². The number of hydrogen-bond donors (Lipinski definition) is 0. The monoisotopic (exact) mass is 271 g/mol. The molecule has 3 nitrogen and oxygen atoms in total. The van der Waals surface area contributed by atoms with Crippen molar-refractivity contribution in [2.24, 2.45) is 11.8 Å². The van der Waals surface area contributed by atoms with E-state index in [1.54, 1.807) is 16.4 Å². The minimum Gasteiger partial charge on any atom is -0.206 e. The third-order valence-corrected chi connectivity index (χ3v) is 7.24. The summed E-state index contributed by atoms with van der Waals surface area (Å²) in [6.45, 7) is 1.48. The standard InChI is InChI=1S/C12H17NO2S2/c14-17(15,12-6-3-7-16-12)13-8-10-4-1-2-5-11(10)9-13/h3,6-7,10-11H,1-2,4-5,8-9H2. The molecule has 0 bridgehead atoms. The molecule has 1 aromatic heterocycles. The van der Waals surface area contributed by atoms with E-state index in [2.05, 4.69) is 0 Å². The van der Waals surface area contributed by atoms with Crippen LogP contribution in [0, 0.1) is 11.8 Å². The lowest BCUT2D eigenvalue weighted by molar-refractivity contribution is 0.299. The fourth-order valence-corrected chi connectivity index (χ4v) is 5.79. The topological polar surface area (TPSA) is 37.4 Å². The van der Waals surface area contributed by atoms with Crippen LogP contribution in [0.25, 0.3) is 0 Å². The predicted molar refractivity (Wildman–Crippen MR) is 68.5 cm³/mol. The number of rotatable bonds is 2. The van der Waals surface area contributed by atoms with Crippen LogP contribution in [0.15, 0.2) is 21.7 Å². The average molecular weight is 271 g/mol. The molecule has 2 unspecified atom stereocenters. The summed E-state index contributed by atoms with van der Waals surface area (Å²) < 4.78 is 27.0. The molecule has 1 aromatic rings. The van der Waals surface area contributed by atoms with E-state index in [9.17, 15) is 8.42 Å². The van der Waals surface area contributed by atoms with Gasteiger partial charge in [-0.2, -0.15) is 4.31 Å². The molecule has 0 amide bonds. The lowest BCUT2D eigenvalue weighted by Gasteiger charge is -2.22. The fourth-order valence-electron chi connectivity index (χ4n) is 3.10. The van der Waals surface area contributed by atoms with E-state index in [4.69, 9.17) is 0 Å². The number of sulfonamides is 1. The molecule has 5 heteroatoms. The van der Waals surface area contributed by atoms with Gasteiger partial charge in [0.15, 0.2) is 0 Å². The van der Waals surface area contributed by atoms with Crippen molar-refractivity contribution in [1.29, 1.82) is 0 Å². The van der Waals surface area contributed by atoms with Crippen LogP contribution in [-0.4, -0.2) is 25.8 Å². The van der Waals surface area contributed by atoms with Gasteiger partial charge in [0.25, 0.3) is 10.0 Å². The highest BCUT2D eigenvalue weighted by atomic mass is 32.2. The molecule has 2 atom stereocenters. The van der Waals surface area contributed by atoms with Crippen LogP contribution in [0.4, 0.5) is 0 Å². The highest BCUT2D eigenvalue weighted by Crippen LogP contribution is 2.38. The second-order valence-electron chi connectivity index (χ2n) is 5.06. The van der Waals surface area contributed by atoms with Crippen LogP contribution in [0.3, 0.4) is 0 Å². The van der Waals surface area contributed by atoms with Crippen LogP contribution in [0.5, 0.6) is 0 Å². The van der Waals surface area contributed by atoms with Crippen molar-refractivity contribution in [2.75, 3.05) is 13.1 Å². The number of hydrogen-bond acceptors (Lipinski definition) is 3. The molecule has 17 heavy (non-hydrogen) atoms. The van der Waals surface area contributed by atoms with Crippen molar-refractivity contribution in [3.8, 4) is 0 Å². The lowest BCUT2D eigenvalue weighted by atomic mass is 9.82. The minimum atomic E-state index is -3.20. The molecule has 3 rings (SSSR count). The van der Waals surface area contributed by atoms with Gasteiger partial charge in [0.2, 0.25) is 0 Å². The van der Waals surface area contributed by atoms with Gasteiger partial charge in [-0.3, -0.25) is 0 Å². The number of fused-ring (bicyclic) bond motifs is 1.